The van der Waals surface area contributed by atoms with Crippen molar-refractivity contribution in [2.75, 3.05) is 0 Å². The number of rotatable bonds is 2. The van der Waals surface area contributed by atoms with Crippen LogP contribution in [-0.4, -0.2) is 14.8 Å². The zero-order valence-corrected chi connectivity index (χ0v) is 27.1. The second-order valence-corrected chi connectivity index (χ2v) is 14.2. The summed E-state index contributed by atoms with van der Waals surface area (Å²) in [6.45, 7) is 2.33. The van der Waals surface area contributed by atoms with Crippen LogP contribution in [0.1, 0.15) is 12.5 Å². The van der Waals surface area contributed by atoms with Crippen LogP contribution in [0.3, 0.4) is 0 Å². The van der Waals surface area contributed by atoms with Crippen LogP contribution in [0.5, 0.6) is 0 Å². The van der Waals surface area contributed by atoms with E-state index in [9.17, 15) is 0 Å². The van der Waals surface area contributed by atoms with Gasteiger partial charge in [-0.25, -0.2) is 4.99 Å². The van der Waals surface area contributed by atoms with E-state index in [-0.39, 0.29) is 11.8 Å². The van der Waals surface area contributed by atoms with E-state index < -0.39 is 0 Å². The number of thiophene rings is 1. The van der Waals surface area contributed by atoms with Gasteiger partial charge in [-0.15, -0.1) is 11.3 Å². The second kappa shape index (κ2) is 9.66. The lowest BCUT2D eigenvalue weighted by Crippen LogP contribution is -2.31. The molecule has 4 aromatic heterocycles. The van der Waals surface area contributed by atoms with E-state index in [2.05, 4.69) is 162 Å². The van der Waals surface area contributed by atoms with Gasteiger partial charge in [-0.05, 0) is 41.5 Å². The summed E-state index contributed by atoms with van der Waals surface area (Å²) in [7, 11) is 0. The summed E-state index contributed by atoms with van der Waals surface area (Å²) in [6.07, 6.45) is 8.93. The van der Waals surface area contributed by atoms with E-state index in [1.165, 1.54) is 75.2 Å². The topological polar surface area (TPSA) is 21.7 Å². The van der Waals surface area contributed by atoms with Gasteiger partial charge in [0.1, 0.15) is 10.7 Å². The monoisotopic (exact) mass is 631 g/mol. The number of para-hydroxylation sites is 3. The molecule has 4 heteroatoms. The molecule has 2 aliphatic rings. The Morgan fingerprint density at radius 1 is 0.604 bits per heavy atom. The minimum absolute atomic E-state index is 0.209. The van der Waals surface area contributed by atoms with Gasteiger partial charge in [-0.2, -0.15) is 0 Å². The lowest BCUT2D eigenvalue weighted by Gasteiger charge is -2.32. The number of aromatic nitrogens is 2. The van der Waals surface area contributed by atoms with Gasteiger partial charge in [0.05, 0.1) is 27.8 Å². The molecular weight excluding hydrogens is 603 g/mol. The minimum Gasteiger partial charge on any atom is -0.299 e. The van der Waals surface area contributed by atoms with Gasteiger partial charge in [0.25, 0.3) is 0 Å². The number of benzene rings is 5. The van der Waals surface area contributed by atoms with Crippen molar-refractivity contribution in [1.29, 1.82) is 0 Å². The Morgan fingerprint density at radius 3 is 2.17 bits per heavy atom. The molecule has 0 saturated heterocycles. The maximum absolute atomic E-state index is 5.51. The Hall–Kier alpha value is -5.71. The fourth-order valence-electron chi connectivity index (χ4n) is 8.46. The molecule has 48 heavy (non-hydrogen) atoms. The second-order valence-electron chi connectivity index (χ2n) is 13.2. The van der Waals surface area contributed by atoms with Crippen LogP contribution in [0, 0.1) is 11.8 Å². The Balaban J connectivity index is 1.13. The predicted octanol–water partition coefficient (Wildman–Crippen LogP) is 11.7. The highest BCUT2D eigenvalue weighted by Gasteiger charge is 2.33. The third-order valence-electron chi connectivity index (χ3n) is 10.6. The van der Waals surface area contributed by atoms with Crippen LogP contribution in [0.15, 0.2) is 156 Å². The molecule has 11 rings (SSSR count). The predicted molar refractivity (Wildman–Crippen MR) is 205 cm³/mol. The van der Waals surface area contributed by atoms with Crippen LogP contribution in [0.2, 0.25) is 0 Å². The van der Waals surface area contributed by atoms with Crippen LogP contribution in [-0.2, 0) is 0 Å². The van der Waals surface area contributed by atoms with Crippen molar-refractivity contribution in [2.45, 2.75) is 6.92 Å². The van der Waals surface area contributed by atoms with E-state index in [0.717, 1.165) is 17.1 Å². The number of hydrogen-bond donors (Lipinski definition) is 0. The molecule has 3 nitrogen and oxygen atoms in total. The standard InChI is InChI=1S/C44H29N3S/c1-26-29-14-5-6-17-32(29)41(27-12-3-2-4-13-27)45-43(26)46-37-20-9-8-16-31(37)35-24-28(22-23-39(35)46)40-25-36-34-19-11-18-33-30-15-7-10-21-38(30)47(42(33)34)44(36)48-40/h2-26,29H,1H3. The number of hydrogen-bond acceptors (Lipinski definition) is 2. The van der Waals surface area contributed by atoms with Crippen molar-refractivity contribution in [3.05, 3.63) is 157 Å². The van der Waals surface area contributed by atoms with Gasteiger partial charge in [0, 0.05) is 54.6 Å². The highest BCUT2D eigenvalue weighted by atomic mass is 32.1. The SMILES string of the molecule is CC1C(n2c3ccccc3c3cc(-c4cc5c6cccc7c8ccccc8n(c5s4)c76)ccc32)=NC(c2ccccc2)=C2C=CC=CC21. The van der Waals surface area contributed by atoms with Crippen LogP contribution >= 0.6 is 11.3 Å². The first-order valence-electron chi connectivity index (χ1n) is 16.7. The summed E-state index contributed by atoms with van der Waals surface area (Å²) in [5.74, 6) is 1.57. The third kappa shape index (κ3) is 3.45. The Kier molecular flexibility index (Phi) is 5.31. The third-order valence-corrected chi connectivity index (χ3v) is 11.8. The Labute approximate surface area is 281 Å². The van der Waals surface area contributed by atoms with Crippen LogP contribution < -0.4 is 0 Å². The number of nitrogens with zero attached hydrogens (tertiary/aromatic N) is 3. The molecule has 5 aromatic carbocycles. The maximum Gasteiger partial charge on any atom is 0.118 e. The first-order valence-corrected chi connectivity index (χ1v) is 17.5. The lowest BCUT2D eigenvalue weighted by molar-refractivity contribution is 0.603. The zero-order chi connectivity index (χ0) is 31.5. The summed E-state index contributed by atoms with van der Waals surface area (Å²) < 4.78 is 4.91. The van der Waals surface area contributed by atoms with Crippen molar-refractivity contribution in [2.24, 2.45) is 16.8 Å². The largest absolute Gasteiger partial charge is 0.299 e. The van der Waals surface area contributed by atoms with Crippen molar-refractivity contribution >= 4 is 82.1 Å². The average Bonchev–Trinajstić information content (AvgIpc) is 3.89. The number of allylic oxidation sites excluding steroid dienone is 5. The summed E-state index contributed by atoms with van der Waals surface area (Å²) in [6, 6.07) is 44.5. The molecular formula is C44H29N3S. The molecule has 0 spiro atoms. The number of fused-ring (bicyclic) bond motifs is 10. The van der Waals surface area contributed by atoms with Crippen molar-refractivity contribution in [1.82, 2.24) is 8.97 Å². The van der Waals surface area contributed by atoms with Gasteiger partial charge in [-0.3, -0.25) is 8.97 Å². The molecule has 226 valence electrons. The van der Waals surface area contributed by atoms with E-state index in [1.54, 1.807) is 0 Å². The molecule has 5 heterocycles. The minimum atomic E-state index is 0.209. The van der Waals surface area contributed by atoms with Crippen molar-refractivity contribution in [3.8, 4) is 10.4 Å². The smallest absolute Gasteiger partial charge is 0.118 e. The molecule has 2 unspecified atom stereocenters. The van der Waals surface area contributed by atoms with Crippen LogP contribution in [0.25, 0.3) is 75.4 Å². The Bertz CT molecular complexity index is 2910. The highest BCUT2D eigenvalue weighted by molar-refractivity contribution is 7.22. The molecule has 0 fully saturated rings. The fourth-order valence-corrected chi connectivity index (χ4v) is 9.65. The Morgan fingerprint density at radius 2 is 1.31 bits per heavy atom. The van der Waals surface area contributed by atoms with E-state index in [1.807, 2.05) is 11.3 Å². The molecule has 0 N–H and O–H groups in total. The molecule has 0 saturated carbocycles. The van der Waals surface area contributed by atoms with Gasteiger partial charge in [-0.1, -0.05) is 122 Å². The number of aliphatic imine (C=N–C) groups is 1. The quantitative estimate of drug-likeness (QED) is 0.181. The zero-order valence-electron chi connectivity index (χ0n) is 26.3. The van der Waals surface area contributed by atoms with Crippen LogP contribution in [0.4, 0.5) is 0 Å². The van der Waals surface area contributed by atoms with E-state index in [4.69, 9.17) is 4.99 Å². The first-order chi connectivity index (χ1) is 23.7. The van der Waals surface area contributed by atoms with Gasteiger partial charge in [0.2, 0.25) is 0 Å². The lowest BCUT2D eigenvalue weighted by atomic mass is 9.79. The molecule has 1 aliphatic heterocycles. The summed E-state index contributed by atoms with van der Waals surface area (Å²) in [4.78, 5) is 8.12. The maximum atomic E-state index is 5.51. The molecule has 9 aromatic rings. The van der Waals surface area contributed by atoms with Crippen molar-refractivity contribution < 1.29 is 0 Å². The summed E-state index contributed by atoms with van der Waals surface area (Å²) in [5, 5.41) is 7.83. The molecule has 0 amide bonds. The normalized spacial score (nSPS) is 18.0. The van der Waals surface area contributed by atoms with E-state index >= 15 is 0 Å². The average molecular weight is 632 g/mol. The highest BCUT2D eigenvalue weighted by Crippen LogP contribution is 2.46. The van der Waals surface area contributed by atoms with Crippen molar-refractivity contribution in [3.63, 3.8) is 0 Å². The van der Waals surface area contributed by atoms with Gasteiger partial charge < -0.3 is 0 Å². The first kappa shape index (κ1) is 26.4. The molecule has 0 bridgehead atoms. The van der Waals surface area contributed by atoms with Gasteiger partial charge >= 0.3 is 0 Å². The molecule has 0 radical (unpaired) electrons. The summed E-state index contributed by atoms with van der Waals surface area (Å²) in [5.41, 5.74) is 9.78. The van der Waals surface area contributed by atoms with Gasteiger partial charge in [0.15, 0.2) is 0 Å². The fraction of sp³-hybridized carbons (Fsp3) is 0.0682. The molecule has 1 aliphatic carbocycles. The summed E-state index contributed by atoms with van der Waals surface area (Å²) >= 11 is 1.90. The molecule has 2 atom stereocenters. The van der Waals surface area contributed by atoms with E-state index in [0.29, 0.717) is 0 Å².